The summed E-state index contributed by atoms with van der Waals surface area (Å²) in [6.07, 6.45) is -3.10. The van der Waals surface area contributed by atoms with E-state index in [0.717, 1.165) is 0 Å². The SMILES string of the molecule is COC(=O)C[C@H](NC(=O)OC(C)(C)C)[C@H]1O[C@@H]2OC(C)(C)O[C@@H]2[C@H]1OC. The summed E-state index contributed by atoms with van der Waals surface area (Å²) in [6, 6.07) is -0.733. The quantitative estimate of drug-likeness (QED) is 0.718. The summed E-state index contributed by atoms with van der Waals surface area (Å²) >= 11 is 0. The standard InChI is InChI=1S/C17H29NO8/c1-16(2,3)26-15(20)18-9(8-10(19)21-6)11-12(22-7)13-14(23-11)25-17(4,5)24-13/h9,11-14H,8H2,1-7H3,(H,18,20)/t9-,11+,12-,13+,14+/m0/s1. The number of carbonyl (C=O) groups excluding carboxylic acids is 2. The van der Waals surface area contributed by atoms with Crippen LogP contribution in [0.3, 0.4) is 0 Å². The molecule has 9 heteroatoms. The monoisotopic (exact) mass is 375 g/mol. The molecule has 0 unspecified atom stereocenters. The number of hydrogen-bond donors (Lipinski definition) is 1. The van der Waals surface area contributed by atoms with E-state index < -0.39 is 54.1 Å². The Morgan fingerprint density at radius 2 is 1.85 bits per heavy atom. The largest absolute Gasteiger partial charge is 0.469 e. The van der Waals surface area contributed by atoms with Crippen molar-refractivity contribution in [1.82, 2.24) is 5.32 Å². The lowest BCUT2D eigenvalue weighted by molar-refractivity contribution is -0.220. The molecular formula is C17H29NO8. The van der Waals surface area contributed by atoms with Crippen molar-refractivity contribution in [3.63, 3.8) is 0 Å². The summed E-state index contributed by atoms with van der Waals surface area (Å²) in [5.74, 6) is -1.29. The second-order valence-corrected chi connectivity index (χ2v) is 7.80. The number of carbonyl (C=O) groups is 2. The molecule has 150 valence electrons. The predicted octanol–water partition coefficient (Wildman–Crippen LogP) is 1.33. The number of rotatable bonds is 5. The highest BCUT2D eigenvalue weighted by atomic mass is 16.8. The van der Waals surface area contributed by atoms with Crippen LogP contribution in [-0.2, 0) is 33.2 Å². The van der Waals surface area contributed by atoms with E-state index in [2.05, 4.69) is 5.32 Å². The van der Waals surface area contributed by atoms with Crippen molar-refractivity contribution < 1.29 is 38.0 Å². The zero-order valence-corrected chi connectivity index (χ0v) is 16.4. The first-order chi connectivity index (χ1) is 12.0. The fourth-order valence-electron chi connectivity index (χ4n) is 3.07. The number of amides is 1. The van der Waals surface area contributed by atoms with Crippen molar-refractivity contribution in [3.05, 3.63) is 0 Å². The molecule has 2 saturated heterocycles. The van der Waals surface area contributed by atoms with E-state index in [4.69, 9.17) is 28.4 Å². The molecule has 2 fully saturated rings. The number of ether oxygens (including phenoxy) is 6. The van der Waals surface area contributed by atoms with Gasteiger partial charge in [0, 0.05) is 7.11 Å². The van der Waals surface area contributed by atoms with Crippen molar-refractivity contribution in [2.45, 2.75) is 83.1 Å². The normalized spacial score (nSPS) is 31.2. The maximum absolute atomic E-state index is 12.2. The van der Waals surface area contributed by atoms with Gasteiger partial charge in [0.15, 0.2) is 12.1 Å². The molecule has 0 aromatic heterocycles. The predicted molar refractivity (Wildman–Crippen MR) is 89.3 cm³/mol. The lowest BCUT2D eigenvalue weighted by Crippen LogP contribution is -2.52. The van der Waals surface area contributed by atoms with E-state index in [1.54, 1.807) is 34.6 Å². The number of hydrogen-bond acceptors (Lipinski definition) is 8. The van der Waals surface area contributed by atoms with Gasteiger partial charge in [0.1, 0.15) is 23.9 Å². The van der Waals surface area contributed by atoms with Crippen LogP contribution in [0, 0.1) is 0 Å². The highest BCUT2D eigenvalue weighted by Crippen LogP contribution is 2.39. The Hall–Kier alpha value is -1.42. The summed E-state index contributed by atoms with van der Waals surface area (Å²) in [5, 5.41) is 2.68. The van der Waals surface area contributed by atoms with E-state index in [0.29, 0.717) is 0 Å². The number of esters is 1. The smallest absolute Gasteiger partial charge is 0.407 e. The molecule has 0 saturated carbocycles. The number of methoxy groups -OCH3 is 2. The Bertz CT molecular complexity index is 529. The molecule has 2 rings (SSSR count). The van der Waals surface area contributed by atoms with Crippen molar-refractivity contribution in [2.75, 3.05) is 14.2 Å². The molecule has 2 aliphatic rings. The number of alkyl carbamates (subject to hydrolysis) is 1. The van der Waals surface area contributed by atoms with Crippen molar-refractivity contribution in [3.8, 4) is 0 Å². The number of nitrogens with one attached hydrogen (secondary N) is 1. The fraction of sp³-hybridized carbons (Fsp3) is 0.882. The van der Waals surface area contributed by atoms with Gasteiger partial charge in [0.05, 0.1) is 19.6 Å². The van der Waals surface area contributed by atoms with Crippen LogP contribution in [0.4, 0.5) is 4.79 Å². The summed E-state index contributed by atoms with van der Waals surface area (Å²) in [5.41, 5.74) is -0.677. The van der Waals surface area contributed by atoms with Gasteiger partial charge in [-0.15, -0.1) is 0 Å². The Morgan fingerprint density at radius 1 is 1.19 bits per heavy atom. The Morgan fingerprint density at radius 3 is 2.38 bits per heavy atom. The molecule has 0 aromatic carbocycles. The van der Waals surface area contributed by atoms with Gasteiger partial charge >= 0.3 is 12.1 Å². The highest BCUT2D eigenvalue weighted by molar-refractivity contribution is 5.73. The van der Waals surface area contributed by atoms with Gasteiger partial charge in [-0.25, -0.2) is 4.79 Å². The molecule has 2 aliphatic heterocycles. The zero-order chi connectivity index (χ0) is 19.7. The van der Waals surface area contributed by atoms with Crippen molar-refractivity contribution in [2.24, 2.45) is 0 Å². The second-order valence-electron chi connectivity index (χ2n) is 7.80. The molecular weight excluding hydrogens is 346 g/mol. The molecule has 0 radical (unpaired) electrons. The maximum atomic E-state index is 12.2. The van der Waals surface area contributed by atoms with Crippen LogP contribution >= 0.6 is 0 Å². The molecule has 0 aromatic rings. The third-order valence-corrected chi connectivity index (χ3v) is 4.01. The third kappa shape index (κ3) is 5.06. The highest BCUT2D eigenvalue weighted by Gasteiger charge is 2.57. The molecule has 9 nitrogen and oxygen atoms in total. The third-order valence-electron chi connectivity index (χ3n) is 4.01. The van der Waals surface area contributed by atoms with Crippen LogP contribution in [0.15, 0.2) is 0 Å². The van der Waals surface area contributed by atoms with Crippen LogP contribution in [0.2, 0.25) is 0 Å². The summed E-state index contributed by atoms with van der Waals surface area (Å²) in [6.45, 7) is 8.81. The average molecular weight is 375 g/mol. The minimum atomic E-state index is -0.798. The first-order valence-corrected chi connectivity index (χ1v) is 8.56. The van der Waals surface area contributed by atoms with Gasteiger partial charge in [-0.3, -0.25) is 4.79 Å². The molecule has 0 aliphatic carbocycles. The van der Waals surface area contributed by atoms with Gasteiger partial charge < -0.3 is 33.7 Å². The summed E-state index contributed by atoms with van der Waals surface area (Å²) in [7, 11) is 2.79. The molecule has 1 amide bonds. The summed E-state index contributed by atoms with van der Waals surface area (Å²) in [4.78, 5) is 24.0. The van der Waals surface area contributed by atoms with Crippen LogP contribution in [0.25, 0.3) is 0 Å². The van der Waals surface area contributed by atoms with E-state index in [1.807, 2.05) is 0 Å². The molecule has 5 atom stereocenters. The first kappa shape index (κ1) is 20.9. The fourth-order valence-corrected chi connectivity index (χ4v) is 3.07. The van der Waals surface area contributed by atoms with Gasteiger partial charge in [-0.2, -0.15) is 0 Å². The van der Waals surface area contributed by atoms with Crippen LogP contribution in [0.1, 0.15) is 41.0 Å². The Kier molecular flexibility index (Phi) is 6.17. The molecule has 1 N–H and O–H groups in total. The summed E-state index contributed by atoms with van der Waals surface area (Å²) < 4.78 is 33.0. The van der Waals surface area contributed by atoms with Gasteiger partial charge in [0.25, 0.3) is 0 Å². The molecule has 0 bridgehead atoms. The van der Waals surface area contributed by atoms with E-state index >= 15 is 0 Å². The topological polar surface area (TPSA) is 102 Å². The lowest BCUT2D eigenvalue weighted by atomic mass is 10.0. The zero-order valence-electron chi connectivity index (χ0n) is 16.4. The lowest BCUT2D eigenvalue weighted by Gasteiger charge is -2.31. The molecule has 26 heavy (non-hydrogen) atoms. The average Bonchev–Trinajstić information content (AvgIpc) is 2.95. The van der Waals surface area contributed by atoms with E-state index in [9.17, 15) is 9.59 Å². The van der Waals surface area contributed by atoms with E-state index in [1.165, 1.54) is 14.2 Å². The Balaban J connectivity index is 2.14. The maximum Gasteiger partial charge on any atom is 0.407 e. The minimum absolute atomic E-state index is 0.108. The molecule has 0 spiro atoms. The Labute approximate surface area is 153 Å². The van der Waals surface area contributed by atoms with Crippen LogP contribution in [0.5, 0.6) is 0 Å². The van der Waals surface area contributed by atoms with Gasteiger partial charge in [0.2, 0.25) is 0 Å². The van der Waals surface area contributed by atoms with Crippen molar-refractivity contribution in [1.29, 1.82) is 0 Å². The second kappa shape index (κ2) is 7.67. The minimum Gasteiger partial charge on any atom is -0.469 e. The van der Waals surface area contributed by atoms with Gasteiger partial charge in [-0.1, -0.05) is 0 Å². The number of fused-ring (bicyclic) bond motifs is 1. The van der Waals surface area contributed by atoms with Crippen molar-refractivity contribution >= 4 is 12.1 Å². The van der Waals surface area contributed by atoms with Crippen LogP contribution < -0.4 is 5.32 Å². The van der Waals surface area contributed by atoms with Gasteiger partial charge in [-0.05, 0) is 34.6 Å². The van der Waals surface area contributed by atoms with Crippen LogP contribution in [-0.4, -0.2) is 68.3 Å². The van der Waals surface area contributed by atoms with E-state index in [-0.39, 0.29) is 6.42 Å². The molecule has 2 heterocycles. The first-order valence-electron chi connectivity index (χ1n) is 8.56.